The van der Waals surface area contributed by atoms with Gasteiger partial charge in [0.2, 0.25) is 0 Å². The van der Waals surface area contributed by atoms with Gasteiger partial charge in [-0.2, -0.15) is 0 Å². The largest absolute Gasteiger partial charge is 0.493 e. The molecular formula is C23H26N2O5. The van der Waals surface area contributed by atoms with E-state index in [0.29, 0.717) is 47.2 Å². The number of rotatable bonds is 9. The van der Waals surface area contributed by atoms with E-state index in [2.05, 4.69) is 5.32 Å². The summed E-state index contributed by atoms with van der Waals surface area (Å²) >= 11 is 0. The van der Waals surface area contributed by atoms with Crippen molar-refractivity contribution in [1.82, 2.24) is 9.88 Å². The van der Waals surface area contributed by atoms with Gasteiger partial charge in [-0.25, -0.2) is 0 Å². The van der Waals surface area contributed by atoms with Gasteiger partial charge in [0.05, 0.1) is 39.7 Å². The normalized spacial score (nSPS) is 10.4. The second kappa shape index (κ2) is 9.73. The van der Waals surface area contributed by atoms with Crippen LogP contribution in [0.2, 0.25) is 0 Å². The summed E-state index contributed by atoms with van der Waals surface area (Å²) < 4.78 is 23.2. The van der Waals surface area contributed by atoms with E-state index in [1.165, 1.54) is 0 Å². The number of methoxy groups -OCH3 is 4. The van der Waals surface area contributed by atoms with Crippen molar-refractivity contribution in [2.75, 3.05) is 35.0 Å². The lowest BCUT2D eigenvalue weighted by molar-refractivity contribution is 0.0953. The van der Waals surface area contributed by atoms with Crippen molar-refractivity contribution in [3.05, 3.63) is 66.0 Å². The molecule has 0 atom stereocenters. The van der Waals surface area contributed by atoms with Crippen LogP contribution >= 0.6 is 0 Å². The van der Waals surface area contributed by atoms with Gasteiger partial charge in [-0.05, 0) is 42.3 Å². The number of nitrogens with zero attached hydrogens (tertiary/aromatic N) is 1. The molecule has 3 aromatic rings. The minimum absolute atomic E-state index is 0.194. The monoisotopic (exact) mass is 410 g/mol. The molecule has 7 nitrogen and oxygen atoms in total. The number of nitrogens with one attached hydrogen (secondary N) is 1. The van der Waals surface area contributed by atoms with Crippen LogP contribution in [0.1, 0.15) is 15.9 Å². The summed E-state index contributed by atoms with van der Waals surface area (Å²) in [4.78, 5) is 13.0. The van der Waals surface area contributed by atoms with Crippen LogP contribution in [0.25, 0.3) is 5.69 Å². The minimum atomic E-state index is -0.194. The number of hydrogen-bond donors (Lipinski definition) is 1. The molecule has 0 bridgehead atoms. The summed E-state index contributed by atoms with van der Waals surface area (Å²) in [7, 11) is 6.32. The topological polar surface area (TPSA) is 71.0 Å². The van der Waals surface area contributed by atoms with Crippen LogP contribution in [-0.4, -0.2) is 45.5 Å². The first kappa shape index (κ1) is 21.1. The minimum Gasteiger partial charge on any atom is -0.493 e. The third-order valence-electron chi connectivity index (χ3n) is 4.78. The molecule has 7 heteroatoms. The van der Waals surface area contributed by atoms with Crippen LogP contribution in [0.5, 0.6) is 23.0 Å². The Morgan fingerprint density at radius 1 is 0.833 bits per heavy atom. The average Bonchev–Trinajstić information content (AvgIpc) is 3.32. The van der Waals surface area contributed by atoms with Crippen molar-refractivity contribution < 1.29 is 23.7 Å². The number of carbonyl (C=O) groups is 1. The van der Waals surface area contributed by atoms with Gasteiger partial charge >= 0.3 is 0 Å². The number of benzene rings is 2. The SMILES string of the molecule is COc1ccc(CCNC(=O)c2cc(OC)c(OC)cc2-n2cccc2)cc1OC. The average molecular weight is 410 g/mol. The predicted molar refractivity (Wildman–Crippen MR) is 114 cm³/mol. The van der Waals surface area contributed by atoms with Gasteiger partial charge in [0.1, 0.15) is 0 Å². The van der Waals surface area contributed by atoms with Crippen LogP contribution < -0.4 is 24.3 Å². The molecule has 3 rings (SSSR count). The summed E-state index contributed by atoms with van der Waals surface area (Å²) in [6, 6.07) is 13.0. The zero-order valence-electron chi connectivity index (χ0n) is 17.6. The molecule has 1 aromatic heterocycles. The first-order valence-electron chi connectivity index (χ1n) is 9.49. The smallest absolute Gasteiger partial charge is 0.253 e. The van der Waals surface area contributed by atoms with E-state index in [1.54, 1.807) is 40.6 Å². The third-order valence-corrected chi connectivity index (χ3v) is 4.78. The highest BCUT2D eigenvalue weighted by Gasteiger charge is 2.18. The highest BCUT2D eigenvalue weighted by atomic mass is 16.5. The highest BCUT2D eigenvalue weighted by Crippen LogP contribution is 2.32. The maximum Gasteiger partial charge on any atom is 0.253 e. The van der Waals surface area contributed by atoms with Gasteiger partial charge in [0, 0.05) is 25.0 Å². The Kier molecular flexibility index (Phi) is 6.85. The van der Waals surface area contributed by atoms with E-state index in [9.17, 15) is 4.79 Å². The molecule has 0 fully saturated rings. The number of amides is 1. The van der Waals surface area contributed by atoms with Crippen LogP contribution in [0.15, 0.2) is 54.9 Å². The number of ether oxygens (including phenoxy) is 4. The Morgan fingerprint density at radius 2 is 1.43 bits per heavy atom. The lowest BCUT2D eigenvalue weighted by Crippen LogP contribution is -2.27. The lowest BCUT2D eigenvalue weighted by Gasteiger charge is -2.16. The Bertz CT molecular complexity index is 999. The van der Waals surface area contributed by atoms with Gasteiger partial charge in [0.25, 0.3) is 5.91 Å². The van der Waals surface area contributed by atoms with E-state index in [-0.39, 0.29) is 5.91 Å². The molecule has 0 aliphatic carbocycles. The standard InChI is InChI=1S/C23H26N2O5/c1-27-19-8-7-16(13-20(19)28-2)9-10-24-23(26)17-14-21(29-3)22(30-4)15-18(17)25-11-5-6-12-25/h5-8,11-15H,9-10H2,1-4H3,(H,24,26). The maximum atomic E-state index is 13.0. The number of carbonyl (C=O) groups excluding carboxylic acids is 1. The van der Waals surface area contributed by atoms with Crippen LogP contribution in [-0.2, 0) is 6.42 Å². The fourth-order valence-electron chi connectivity index (χ4n) is 3.21. The molecule has 0 saturated carbocycles. The molecule has 1 heterocycles. The first-order chi connectivity index (χ1) is 14.6. The predicted octanol–water partition coefficient (Wildman–Crippen LogP) is 3.48. The lowest BCUT2D eigenvalue weighted by atomic mass is 10.1. The third kappa shape index (κ3) is 4.51. The van der Waals surface area contributed by atoms with E-state index in [4.69, 9.17) is 18.9 Å². The zero-order chi connectivity index (χ0) is 21.5. The van der Waals surface area contributed by atoms with E-state index < -0.39 is 0 Å². The summed E-state index contributed by atoms with van der Waals surface area (Å²) in [6.45, 7) is 0.466. The van der Waals surface area contributed by atoms with Gasteiger partial charge in [0.15, 0.2) is 23.0 Å². The molecule has 1 N–H and O–H groups in total. The molecule has 30 heavy (non-hydrogen) atoms. The Labute approximate surface area is 176 Å². The molecule has 0 unspecified atom stereocenters. The molecular weight excluding hydrogens is 384 g/mol. The fourth-order valence-corrected chi connectivity index (χ4v) is 3.21. The van der Waals surface area contributed by atoms with Crippen molar-refractivity contribution in [1.29, 1.82) is 0 Å². The Hall–Kier alpha value is -3.61. The van der Waals surface area contributed by atoms with Gasteiger partial charge in [-0.1, -0.05) is 6.07 Å². The molecule has 0 saturated heterocycles. The Balaban J connectivity index is 1.78. The molecule has 158 valence electrons. The molecule has 0 aliphatic rings. The van der Waals surface area contributed by atoms with Crippen LogP contribution in [0, 0.1) is 0 Å². The molecule has 1 amide bonds. The van der Waals surface area contributed by atoms with Gasteiger partial charge in [-0.15, -0.1) is 0 Å². The zero-order valence-corrected chi connectivity index (χ0v) is 17.6. The highest BCUT2D eigenvalue weighted by molar-refractivity contribution is 5.98. The second-order valence-electron chi connectivity index (χ2n) is 6.51. The second-order valence-corrected chi connectivity index (χ2v) is 6.51. The molecule has 0 spiro atoms. The maximum absolute atomic E-state index is 13.0. The van der Waals surface area contributed by atoms with Crippen molar-refractivity contribution >= 4 is 5.91 Å². The van der Waals surface area contributed by atoms with Crippen LogP contribution in [0.3, 0.4) is 0 Å². The molecule has 0 aliphatic heterocycles. The summed E-state index contributed by atoms with van der Waals surface area (Å²) in [5.74, 6) is 2.20. The van der Waals surface area contributed by atoms with Gasteiger partial charge in [-0.3, -0.25) is 4.79 Å². The molecule has 0 radical (unpaired) electrons. The quantitative estimate of drug-likeness (QED) is 0.585. The van der Waals surface area contributed by atoms with Crippen molar-refractivity contribution in [2.45, 2.75) is 6.42 Å². The molecule has 2 aromatic carbocycles. The van der Waals surface area contributed by atoms with E-state index in [0.717, 1.165) is 5.56 Å². The first-order valence-corrected chi connectivity index (χ1v) is 9.49. The van der Waals surface area contributed by atoms with Crippen molar-refractivity contribution in [3.8, 4) is 28.7 Å². The van der Waals surface area contributed by atoms with E-state index >= 15 is 0 Å². The Morgan fingerprint density at radius 3 is 2.07 bits per heavy atom. The fraction of sp³-hybridized carbons (Fsp3) is 0.261. The van der Waals surface area contributed by atoms with Crippen LogP contribution in [0.4, 0.5) is 0 Å². The van der Waals surface area contributed by atoms with Gasteiger partial charge < -0.3 is 28.8 Å². The summed E-state index contributed by atoms with van der Waals surface area (Å²) in [6.07, 6.45) is 4.40. The number of hydrogen-bond acceptors (Lipinski definition) is 5. The van der Waals surface area contributed by atoms with E-state index in [1.807, 2.05) is 47.3 Å². The van der Waals surface area contributed by atoms with Crippen molar-refractivity contribution in [3.63, 3.8) is 0 Å². The van der Waals surface area contributed by atoms with Crippen molar-refractivity contribution in [2.24, 2.45) is 0 Å². The number of aromatic nitrogens is 1. The summed E-state index contributed by atoms with van der Waals surface area (Å²) in [5, 5.41) is 2.98. The summed E-state index contributed by atoms with van der Waals surface area (Å²) in [5.41, 5.74) is 2.24.